The third kappa shape index (κ3) is 2.89. The summed E-state index contributed by atoms with van der Waals surface area (Å²) in [5.41, 5.74) is 15.0. The van der Waals surface area contributed by atoms with E-state index in [4.69, 9.17) is 11.5 Å². The molecular formula is C19H19N3O. The highest BCUT2D eigenvalue weighted by molar-refractivity contribution is 6.08. The average molecular weight is 305 g/mol. The molecule has 4 heteroatoms. The number of ketones is 1. The van der Waals surface area contributed by atoms with Crippen molar-refractivity contribution in [2.45, 2.75) is 13.1 Å². The van der Waals surface area contributed by atoms with Crippen LogP contribution in [0.2, 0.25) is 0 Å². The molecule has 0 aliphatic carbocycles. The number of carbonyl (C=O) groups is 1. The van der Waals surface area contributed by atoms with Crippen LogP contribution in [0.3, 0.4) is 0 Å². The van der Waals surface area contributed by atoms with Crippen molar-refractivity contribution in [1.29, 1.82) is 0 Å². The van der Waals surface area contributed by atoms with Crippen molar-refractivity contribution in [3.63, 3.8) is 0 Å². The number of rotatable bonds is 4. The van der Waals surface area contributed by atoms with Crippen LogP contribution >= 0.6 is 0 Å². The minimum absolute atomic E-state index is 0.132. The van der Waals surface area contributed by atoms with Crippen LogP contribution in [0.4, 0.5) is 5.69 Å². The first kappa shape index (κ1) is 15.1. The van der Waals surface area contributed by atoms with Gasteiger partial charge >= 0.3 is 0 Å². The Morgan fingerprint density at radius 3 is 2.57 bits per heavy atom. The zero-order chi connectivity index (χ0) is 16.4. The third-order valence-corrected chi connectivity index (χ3v) is 3.98. The van der Waals surface area contributed by atoms with Gasteiger partial charge in [0.15, 0.2) is 5.78 Å². The Labute approximate surface area is 135 Å². The lowest BCUT2D eigenvalue weighted by molar-refractivity contribution is 0.104. The molecule has 4 nitrogen and oxygen atoms in total. The van der Waals surface area contributed by atoms with Gasteiger partial charge in [0, 0.05) is 23.0 Å². The molecule has 0 aliphatic heterocycles. The quantitative estimate of drug-likeness (QED) is 0.440. The first-order chi connectivity index (χ1) is 11.1. The van der Waals surface area contributed by atoms with Gasteiger partial charge in [-0.3, -0.25) is 4.79 Å². The fourth-order valence-corrected chi connectivity index (χ4v) is 2.66. The summed E-state index contributed by atoms with van der Waals surface area (Å²) in [7, 11) is 0. The summed E-state index contributed by atoms with van der Waals surface area (Å²) >= 11 is 0. The van der Waals surface area contributed by atoms with Crippen LogP contribution < -0.4 is 11.5 Å². The molecule has 1 aromatic heterocycles. The molecule has 0 amide bonds. The van der Waals surface area contributed by atoms with Gasteiger partial charge in [-0.05, 0) is 48.2 Å². The zero-order valence-electron chi connectivity index (χ0n) is 12.9. The number of anilines is 1. The lowest BCUT2D eigenvalue weighted by Gasteiger charge is -2.16. The maximum absolute atomic E-state index is 12.4. The van der Waals surface area contributed by atoms with Crippen LogP contribution in [0.15, 0.2) is 72.4 Å². The van der Waals surface area contributed by atoms with Crippen LogP contribution in [-0.2, 0) is 0 Å². The normalized spacial score (nSPS) is 13.2. The number of fused-ring (bicyclic) bond motifs is 1. The minimum Gasteiger partial charge on any atom is -0.398 e. The molecule has 1 unspecified atom stereocenters. The van der Waals surface area contributed by atoms with Crippen molar-refractivity contribution >= 4 is 22.4 Å². The minimum atomic E-state index is -0.399. The molecule has 23 heavy (non-hydrogen) atoms. The van der Waals surface area contributed by atoms with E-state index in [9.17, 15) is 4.79 Å². The highest BCUT2D eigenvalue weighted by Crippen LogP contribution is 2.22. The Bertz CT molecular complexity index is 892. The van der Waals surface area contributed by atoms with Crippen LogP contribution in [-0.4, -0.2) is 10.4 Å². The third-order valence-electron chi connectivity index (χ3n) is 3.98. The van der Waals surface area contributed by atoms with Crippen molar-refractivity contribution in [1.82, 2.24) is 4.57 Å². The van der Waals surface area contributed by atoms with Crippen LogP contribution in [0.25, 0.3) is 10.9 Å². The van der Waals surface area contributed by atoms with Gasteiger partial charge in [0.25, 0.3) is 0 Å². The number of carbonyl (C=O) groups excluding carboxylic acids is 1. The van der Waals surface area contributed by atoms with E-state index in [-0.39, 0.29) is 5.78 Å². The van der Waals surface area contributed by atoms with Crippen molar-refractivity contribution in [2.75, 3.05) is 5.73 Å². The largest absolute Gasteiger partial charge is 0.398 e. The molecule has 3 aromatic rings. The number of aromatic nitrogens is 1. The number of nitrogens with two attached hydrogens (primary N) is 2. The first-order valence-corrected chi connectivity index (χ1v) is 7.46. The molecule has 0 saturated heterocycles. The van der Waals surface area contributed by atoms with E-state index in [2.05, 4.69) is 0 Å². The number of hydrogen-bond donors (Lipinski definition) is 2. The molecular weight excluding hydrogens is 286 g/mol. The molecule has 0 aliphatic rings. The Balaban J connectivity index is 1.91. The fraction of sp³-hybridized carbons (Fsp3) is 0.105. The summed E-state index contributed by atoms with van der Waals surface area (Å²) in [6.45, 7) is 1.86. The summed E-state index contributed by atoms with van der Waals surface area (Å²) in [4.78, 5) is 12.4. The Morgan fingerprint density at radius 1 is 1.09 bits per heavy atom. The van der Waals surface area contributed by atoms with Gasteiger partial charge in [0.05, 0.1) is 0 Å². The SMILES string of the molecule is C/C(=C\C(=O)c1ccccc1N)C(N)n1ccc2ccccc21. The van der Waals surface area contributed by atoms with Gasteiger partial charge < -0.3 is 16.0 Å². The van der Waals surface area contributed by atoms with Gasteiger partial charge in [-0.1, -0.05) is 30.3 Å². The molecule has 3 rings (SSSR count). The maximum Gasteiger partial charge on any atom is 0.187 e. The predicted molar refractivity (Wildman–Crippen MR) is 94.1 cm³/mol. The summed E-state index contributed by atoms with van der Waals surface area (Å²) in [5.74, 6) is -0.132. The number of benzene rings is 2. The topological polar surface area (TPSA) is 74.0 Å². The maximum atomic E-state index is 12.4. The second-order valence-corrected chi connectivity index (χ2v) is 5.57. The van der Waals surface area contributed by atoms with Crippen LogP contribution in [0.1, 0.15) is 23.4 Å². The lowest BCUT2D eigenvalue weighted by Crippen LogP contribution is -2.19. The zero-order valence-corrected chi connectivity index (χ0v) is 12.9. The van der Waals surface area contributed by atoms with E-state index in [0.29, 0.717) is 11.3 Å². The van der Waals surface area contributed by atoms with Gasteiger partial charge in [-0.2, -0.15) is 0 Å². The molecule has 1 heterocycles. The molecule has 116 valence electrons. The number of nitrogens with zero attached hydrogens (tertiary/aromatic N) is 1. The summed E-state index contributed by atoms with van der Waals surface area (Å²) in [6, 6.07) is 17.1. The molecule has 0 radical (unpaired) electrons. The molecule has 0 saturated carbocycles. The summed E-state index contributed by atoms with van der Waals surface area (Å²) in [6.07, 6.45) is 3.10. The second kappa shape index (κ2) is 6.10. The second-order valence-electron chi connectivity index (χ2n) is 5.57. The summed E-state index contributed by atoms with van der Waals surface area (Å²) in [5, 5.41) is 1.12. The molecule has 0 fully saturated rings. The van der Waals surface area contributed by atoms with E-state index < -0.39 is 6.17 Å². The highest BCUT2D eigenvalue weighted by atomic mass is 16.1. The van der Waals surface area contributed by atoms with E-state index in [1.54, 1.807) is 30.3 Å². The van der Waals surface area contributed by atoms with Crippen molar-refractivity contribution in [3.8, 4) is 0 Å². The smallest absolute Gasteiger partial charge is 0.187 e. The summed E-state index contributed by atoms with van der Waals surface area (Å²) < 4.78 is 1.96. The van der Waals surface area contributed by atoms with E-state index in [1.807, 2.05) is 48.0 Å². The standard InChI is InChI=1S/C19H19N3O/c1-13(12-18(23)15-7-3-4-8-16(15)20)19(21)22-11-10-14-6-2-5-9-17(14)22/h2-12,19H,20-21H2,1H3/b13-12+. The van der Waals surface area contributed by atoms with Crippen molar-refractivity contribution < 1.29 is 4.79 Å². The van der Waals surface area contributed by atoms with E-state index in [0.717, 1.165) is 16.5 Å². The van der Waals surface area contributed by atoms with Crippen molar-refractivity contribution in [2.24, 2.45) is 5.73 Å². The Hall–Kier alpha value is -2.85. The van der Waals surface area contributed by atoms with Gasteiger partial charge in [-0.15, -0.1) is 0 Å². The average Bonchev–Trinajstić information content (AvgIpc) is 2.98. The number of para-hydroxylation sites is 2. The number of hydrogen-bond acceptors (Lipinski definition) is 3. The van der Waals surface area contributed by atoms with Gasteiger partial charge in [-0.25, -0.2) is 0 Å². The van der Waals surface area contributed by atoms with Crippen LogP contribution in [0, 0.1) is 0 Å². The highest BCUT2D eigenvalue weighted by Gasteiger charge is 2.13. The number of allylic oxidation sites excluding steroid dienone is 1. The number of nitrogen functional groups attached to an aromatic ring is 1. The van der Waals surface area contributed by atoms with E-state index >= 15 is 0 Å². The molecule has 4 N–H and O–H groups in total. The lowest BCUT2D eigenvalue weighted by atomic mass is 10.1. The van der Waals surface area contributed by atoms with Gasteiger partial charge in [0.1, 0.15) is 6.17 Å². The predicted octanol–water partition coefficient (Wildman–Crippen LogP) is 3.51. The monoisotopic (exact) mass is 305 g/mol. The first-order valence-electron chi connectivity index (χ1n) is 7.46. The van der Waals surface area contributed by atoms with Gasteiger partial charge in [0.2, 0.25) is 0 Å². The molecule has 1 atom stereocenters. The molecule has 2 aromatic carbocycles. The Kier molecular flexibility index (Phi) is 4.00. The van der Waals surface area contributed by atoms with Crippen molar-refractivity contribution in [3.05, 3.63) is 78.0 Å². The fourth-order valence-electron chi connectivity index (χ4n) is 2.66. The Morgan fingerprint density at radius 2 is 1.78 bits per heavy atom. The molecule has 0 spiro atoms. The van der Waals surface area contributed by atoms with Crippen LogP contribution in [0.5, 0.6) is 0 Å². The van der Waals surface area contributed by atoms with E-state index in [1.165, 1.54) is 0 Å². The molecule has 0 bridgehead atoms.